The summed E-state index contributed by atoms with van der Waals surface area (Å²) in [6.45, 7) is 17.3. The highest BCUT2D eigenvalue weighted by atomic mass is 16.6. The van der Waals surface area contributed by atoms with E-state index in [4.69, 9.17) is 9.47 Å². The largest absolute Gasteiger partial charge is 0.444 e. The van der Waals surface area contributed by atoms with E-state index in [-0.39, 0.29) is 68.5 Å². The quantitative estimate of drug-likeness (QED) is 0.0360. The van der Waals surface area contributed by atoms with Gasteiger partial charge in [-0.05, 0) is 81.0 Å². The third-order valence-corrected chi connectivity index (χ3v) is 13.6. The van der Waals surface area contributed by atoms with Crippen LogP contribution < -0.4 is 31.9 Å². The van der Waals surface area contributed by atoms with Crippen LogP contribution in [0, 0.1) is 17.8 Å². The fraction of sp³-hybridized carbons (Fsp3) is 0.552. The first-order valence-electron chi connectivity index (χ1n) is 27.2. The number of imidazole rings is 1. The molecule has 0 bridgehead atoms. The van der Waals surface area contributed by atoms with Gasteiger partial charge in [-0.3, -0.25) is 29.0 Å². The lowest BCUT2D eigenvalue weighted by Crippen LogP contribution is -2.59. The Balaban J connectivity index is 1.30. The number of pyridine rings is 1. The Labute approximate surface area is 454 Å². The van der Waals surface area contributed by atoms with Gasteiger partial charge in [-0.25, -0.2) is 9.78 Å². The zero-order valence-corrected chi connectivity index (χ0v) is 46.4. The van der Waals surface area contributed by atoms with Crippen molar-refractivity contribution in [2.24, 2.45) is 17.8 Å². The molecule has 5 rings (SSSR count). The molecule has 3 heterocycles. The van der Waals surface area contributed by atoms with Crippen molar-refractivity contribution in [1.82, 2.24) is 51.8 Å². The summed E-state index contributed by atoms with van der Waals surface area (Å²) in [6, 6.07) is 19.3. The van der Waals surface area contributed by atoms with Gasteiger partial charge in [0, 0.05) is 50.4 Å². The van der Waals surface area contributed by atoms with E-state index in [1.54, 1.807) is 44.1 Å². The molecule has 0 radical (unpaired) electrons. The number of carbonyl (C=O) groups excluding carboxylic acids is 6. The Bertz CT molecular complexity index is 2440. The lowest BCUT2D eigenvalue weighted by atomic mass is 9.95. The molecule has 1 aliphatic rings. The second-order valence-corrected chi connectivity index (χ2v) is 21.9. The highest BCUT2D eigenvalue weighted by molar-refractivity contribution is 5.91. The van der Waals surface area contributed by atoms with Crippen LogP contribution in [0.25, 0.3) is 0 Å². The predicted molar refractivity (Wildman–Crippen MR) is 294 cm³/mol. The molecule has 8 N–H and O–H groups in total. The van der Waals surface area contributed by atoms with E-state index in [2.05, 4.69) is 46.9 Å². The van der Waals surface area contributed by atoms with Crippen LogP contribution in [0.1, 0.15) is 111 Å². The molecular weight excluding hydrogens is 981 g/mol. The highest BCUT2D eigenvalue weighted by Crippen LogP contribution is 2.22. The minimum absolute atomic E-state index is 0.00106. The average molecular weight is 1070 g/mol. The number of carbonyl (C=O) groups is 6. The van der Waals surface area contributed by atoms with Crippen LogP contribution in [-0.2, 0) is 59.3 Å². The molecule has 1 saturated heterocycles. The van der Waals surface area contributed by atoms with Crippen molar-refractivity contribution in [3.8, 4) is 0 Å². The molecule has 77 heavy (non-hydrogen) atoms. The number of benzene rings is 2. The molecule has 1 unspecified atom stereocenters. The molecular formula is C58H84N10O9. The van der Waals surface area contributed by atoms with E-state index in [0.717, 1.165) is 11.1 Å². The van der Waals surface area contributed by atoms with E-state index in [1.807, 2.05) is 114 Å². The molecule has 19 nitrogen and oxygen atoms in total. The fourth-order valence-electron chi connectivity index (χ4n) is 9.23. The first-order chi connectivity index (χ1) is 36.7. The Morgan fingerprint density at radius 2 is 1.45 bits per heavy atom. The Hall–Kier alpha value is -6.70. The van der Waals surface area contributed by atoms with Crippen LogP contribution in [0.2, 0.25) is 0 Å². The minimum Gasteiger partial charge on any atom is -0.444 e. The van der Waals surface area contributed by atoms with Gasteiger partial charge in [0.25, 0.3) is 0 Å². The van der Waals surface area contributed by atoms with E-state index in [0.29, 0.717) is 43.6 Å². The molecule has 1 fully saturated rings. The first-order valence-corrected chi connectivity index (χ1v) is 27.2. The number of alkyl carbamates (subject to hydrolysis) is 1. The van der Waals surface area contributed by atoms with Gasteiger partial charge in [-0.2, -0.15) is 0 Å². The summed E-state index contributed by atoms with van der Waals surface area (Å²) >= 11 is 0. The molecule has 0 saturated carbocycles. The summed E-state index contributed by atoms with van der Waals surface area (Å²) in [5.74, 6) is -2.56. The maximum atomic E-state index is 14.6. The molecule has 4 aromatic rings. The summed E-state index contributed by atoms with van der Waals surface area (Å²) in [5.41, 5.74) is 2.15. The van der Waals surface area contributed by atoms with E-state index in [1.165, 1.54) is 6.33 Å². The Kier molecular flexibility index (Phi) is 24.1. The van der Waals surface area contributed by atoms with Crippen molar-refractivity contribution in [3.05, 3.63) is 120 Å². The number of hydrogen-bond donors (Lipinski definition) is 8. The highest BCUT2D eigenvalue weighted by Gasteiger charge is 2.38. The van der Waals surface area contributed by atoms with E-state index >= 15 is 0 Å². The van der Waals surface area contributed by atoms with Gasteiger partial charge in [0.2, 0.25) is 29.5 Å². The number of amides is 6. The standard InChI is InChI=1S/C58H84N10O9/c1-10-39(6)51(54(72)62-33-42-24-17-18-26-60-42)67-55(73)50(38(4)5)61-34-48(69)45(28-37(2)3)64-52(70)46(31-43-32-59-36-63-43)65-53(71)49(30-41-22-15-12-16-23-41)76-35-44-25-19-27-68(44)56(74)47(29-40-20-13-11-14-21-40)66-57(75)77-58(7,8)9/h11-18,20-24,26,32,36-39,44-51,61,69H,10,19,25,27-31,33-35H2,1-9H3,(H,59,63)(H,62,72)(H,64,70)(H,65,71)(H,66,75)(H,67,73)/t39-,44-,45-,46-,47-,48?,49-,50-,51-/m0/s1. The zero-order valence-electron chi connectivity index (χ0n) is 46.4. The number of nitrogens with one attached hydrogen (secondary N) is 7. The van der Waals surface area contributed by atoms with Crippen molar-refractivity contribution in [2.45, 2.75) is 168 Å². The van der Waals surface area contributed by atoms with Crippen molar-refractivity contribution in [1.29, 1.82) is 0 Å². The maximum Gasteiger partial charge on any atom is 0.408 e. The molecule has 420 valence electrons. The summed E-state index contributed by atoms with van der Waals surface area (Å²) in [5, 5.41) is 29.7. The molecule has 1 aliphatic heterocycles. The van der Waals surface area contributed by atoms with Crippen LogP contribution in [-0.4, -0.2) is 134 Å². The van der Waals surface area contributed by atoms with Crippen LogP contribution >= 0.6 is 0 Å². The van der Waals surface area contributed by atoms with Gasteiger partial charge in [0.05, 0.1) is 49.4 Å². The monoisotopic (exact) mass is 1060 g/mol. The van der Waals surface area contributed by atoms with Crippen molar-refractivity contribution in [3.63, 3.8) is 0 Å². The lowest BCUT2D eigenvalue weighted by molar-refractivity contribution is -0.140. The van der Waals surface area contributed by atoms with E-state index < -0.39 is 77.9 Å². The number of aromatic amines is 1. The van der Waals surface area contributed by atoms with Crippen molar-refractivity contribution < 1.29 is 43.3 Å². The third-order valence-electron chi connectivity index (χ3n) is 13.6. The smallest absolute Gasteiger partial charge is 0.408 e. The molecule has 19 heteroatoms. The summed E-state index contributed by atoms with van der Waals surface area (Å²) in [6.07, 6.45) is 4.40. The molecule has 0 aliphatic carbocycles. The minimum atomic E-state index is -1.18. The zero-order chi connectivity index (χ0) is 56.1. The topological polar surface area (TPSA) is 258 Å². The number of ether oxygens (including phenoxy) is 2. The van der Waals surface area contributed by atoms with Crippen LogP contribution in [0.15, 0.2) is 97.6 Å². The van der Waals surface area contributed by atoms with Gasteiger partial charge in [0.1, 0.15) is 29.8 Å². The summed E-state index contributed by atoms with van der Waals surface area (Å²) < 4.78 is 12.1. The summed E-state index contributed by atoms with van der Waals surface area (Å²) in [7, 11) is 0. The van der Waals surface area contributed by atoms with Gasteiger partial charge < -0.3 is 56.4 Å². The summed E-state index contributed by atoms with van der Waals surface area (Å²) in [4.78, 5) is 97.3. The van der Waals surface area contributed by atoms with Gasteiger partial charge in [-0.1, -0.05) is 115 Å². The number of nitrogens with zero attached hydrogens (tertiary/aromatic N) is 3. The van der Waals surface area contributed by atoms with Gasteiger partial charge in [-0.15, -0.1) is 0 Å². The first kappa shape index (κ1) is 61.2. The number of H-pyrrole nitrogens is 1. The number of aromatic nitrogens is 3. The van der Waals surface area contributed by atoms with E-state index in [9.17, 15) is 33.9 Å². The fourth-order valence-corrected chi connectivity index (χ4v) is 9.23. The lowest BCUT2D eigenvalue weighted by Gasteiger charge is -2.32. The molecule has 6 amide bonds. The number of aliphatic hydroxyl groups excluding tert-OH is 1. The Morgan fingerprint density at radius 3 is 2.05 bits per heavy atom. The maximum absolute atomic E-state index is 14.6. The van der Waals surface area contributed by atoms with Crippen molar-refractivity contribution >= 4 is 35.6 Å². The van der Waals surface area contributed by atoms with Crippen LogP contribution in [0.4, 0.5) is 4.79 Å². The molecule has 2 aromatic heterocycles. The predicted octanol–water partition coefficient (Wildman–Crippen LogP) is 4.94. The molecule has 9 atom stereocenters. The average Bonchev–Trinajstić information content (AvgIpc) is 4.10. The second-order valence-electron chi connectivity index (χ2n) is 21.9. The number of rotatable bonds is 29. The van der Waals surface area contributed by atoms with Crippen LogP contribution in [0.5, 0.6) is 0 Å². The number of hydrogen-bond acceptors (Lipinski definition) is 12. The number of likely N-dealkylation sites (tertiary alicyclic amines) is 1. The van der Waals surface area contributed by atoms with Gasteiger partial charge >= 0.3 is 6.09 Å². The third kappa shape index (κ3) is 20.3. The van der Waals surface area contributed by atoms with Crippen molar-refractivity contribution in [2.75, 3.05) is 19.7 Å². The second kappa shape index (κ2) is 30.3. The molecule has 0 spiro atoms. The SMILES string of the molecule is CC[C@H](C)[C@H](NC(=O)[C@@H](NCC(O)[C@H](CC(C)C)NC(=O)[C@H](Cc1cnc[nH]1)NC(=O)[C@H](Cc1ccccc1)OC[C@@H]1CCCN1C(=O)[C@H](Cc1ccccc1)NC(=O)OC(C)(C)C)C(C)C)C(=O)NCc1ccccn1. The number of aliphatic hydroxyl groups is 1. The normalized spacial score (nSPS) is 16.8. The molecule has 2 aromatic carbocycles. The van der Waals surface area contributed by atoms with Crippen LogP contribution in [0.3, 0.4) is 0 Å². The Morgan fingerprint density at radius 1 is 0.779 bits per heavy atom. The van der Waals surface area contributed by atoms with Gasteiger partial charge in [0.15, 0.2) is 0 Å².